The predicted octanol–water partition coefficient (Wildman–Crippen LogP) is 5.16. The quantitative estimate of drug-likeness (QED) is 0.482. The van der Waals surface area contributed by atoms with Gasteiger partial charge in [-0.15, -0.1) is 0 Å². The summed E-state index contributed by atoms with van der Waals surface area (Å²) in [6.45, 7) is 1.98. The fourth-order valence-electron chi connectivity index (χ4n) is 4.59. The van der Waals surface area contributed by atoms with Crippen LogP contribution in [0.1, 0.15) is 45.7 Å². The molecular weight excluding hydrogens is 456 g/mol. The third-order valence-electron chi connectivity index (χ3n) is 6.00. The van der Waals surface area contributed by atoms with Gasteiger partial charge < -0.3 is 4.90 Å². The second-order valence-corrected chi connectivity index (χ2v) is 8.78. The Morgan fingerprint density at radius 2 is 1.55 bits per heavy atom. The van der Waals surface area contributed by atoms with E-state index >= 15 is 0 Å². The van der Waals surface area contributed by atoms with Gasteiger partial charge in [-0.05, 0) is 61.4 Å². The normalized spacial score (nSPS) is 19.9. The molecule has 5 rings (SSSR count). The van der Waals surface area contributed by atoms with E-state index in [0.717, 1.165) is 15.7 Å². The molecule has 6 heteroatoms. The van der Waals surface area contributed by atoms with Crippen LogP contribution in [-0.2, 0) is 4.79 Å². The Bertz CT molecular complexity index is 1220. The Balaban J connectivity index is 1.59. The van der Waals surface area contributed by atoms with Crippen molar-refractivity contribution in [1.29, 1.82) is 0 Å². The van der Waals surface area contributed by atoms with Crippen LogP contribution in [0.3, 0.4) is 0 Å². The molecule has 2 aliphatic heterocycles. The van der Waals surface area contributed by atoms with Crippen molar-refractivity contribution < 1.29 is 14.4 Å². The third kappa shape index (κ3) is 3.10. The van der Waals surface area contributed by atoms with Crippen molar-refractivity contribution in [2.75, 3.05) is 9.80 Å². The van der Waals surface area contributed by atoms with Crippen molar-refractivity contribution in [2.45, 2.75) is 25.4 Å². The highest BCUT2D eigenvalue weighted by Gasteiger charge is 2.44. The van der Waals surface area contributed by atoms with Crippen molar-refractivity contribution in [2.24, 2.45) is 0 Å². The summed E-state index contributed by atoms with van der Waals surface area (Å²) in [4.78, 5) is 42.3. The number of amides is 2. The van der Waals surface area contributed by atoms with Gasteiger partial charge in [-0.1, -0.05) is 46.3 Å². The molecule has 2 unspecified atom stereocenters. The number of fused-ring (bicyclic) bond motifs is 2. The number of benzene rings is 3. The van der Waals surface area contributed by atoms with Crippen LogP contribution in [0.5, 0.6) is 0 Å². The van der Waals surface area contributed by atoms with Gasteiger partial charge in [-0.3, -0.25) is 19.3 Å². The summed E-state index contributed by atoms with van der Waals surface area (Å²) in [7, 11) is 0. The highest BCUT2D eigenvalue weighted by molar-refractivity contribution is 9.10. The number of halogens is 1. The van der Waals surface area contributed by atoms with E-state index in [1.807, 2.05) is 55.5 Å². The van der Waals surface area contributed by atoms with Crippen LogP contribution >= 0.6 is 15.9 Å². The minimum absolute atomic E-state index is 0.0878. The van der Waals surface area contributed by atoms with E-state index in [1.54, 1.807) is 34.1 Å². The molecule has 0 radical (unpaired) electrons. The Morgan fingerprint density at radius 3 is 2.29 bits per heavy atom. The van der Waals surface area contributed by atoms with E-state index < -0.39 is 11.7 Å². The smallest absolute Gasteiger partial charge is 0.300 e. The Hall–Kier alpha value is -3.25. The topological polar surface area (TPSA) is 57.7 Å². The molecule has 31 heavy (non-hydrogen) atoms. The summed E-state index contributed by atoms with van der Waals surface area (Å²) in [5.41, 5.74) is 3.30. The molecule has 154 valence electrons. The van der Waals surface area contributed by atoms with Crippen LogP contribution in [0.2, 0.25) is 0 Å². The van der Waals surface area contributed by atoms with Crippen LogP contribution in [0.25, 0.3) is 0 Å². The zero-order chi connectivity index (χ0) is 21.7. The fraction of sp³-hybridized carbons (Fsp3) is 0.160. The maximum absolute atomic E-state index is 13.4. The lowest BCUT2D eigenvalue weighted by Gasteiger charge is -2.42. The van der Waals surface area contributed by atoms with Crippen molar-refractivity contribution >= 4 is 44.9 Å². The first-order valence-electron chi connectivity index (χ1n) is 10.1. The number of ketones is 1. The molecule has 3 aromatic rings. The molecule has 5 nitrogen and oxygen atoms in total. The Labute approximate surface area is 188 Å². The summed E-state index contributed by atoms with van der Waals surface area (Å²) in [5.74, 6) is -1.08. The summed E-state index contributed by atoms with van der Waals surface area (Å²) >= 11 is 3.41. The van der Waals surface area contributed by atoms with E-state index in [-0.39, 0.29) is 18.0 Å². The van der Waals surface area contributed by atoms with Crippen LogP contribution in [0.15, 0.2) is 77.3 Å². The van der Waals surface area contributed by atoms with Gasteiger partial charge >= 0.3 is 0 Å². The van der Waals surface area contributed by atoms with Crippen molar-refractivity contribution in [1.82, 2.24) is 0 Å². The molecule has 2 heterocycles. The van der Waals surface area contributed by atoms with Crippen LogP contribution in [-0.4, -0.2) is 23.6 Å². The second kappa shape index (κ2) is 7.46. The monoisotopic (exact) mass is 474 g/mol. The molecule has 0 aliphatic carbocycles. The van der Waals surface area contributed by atoms with Gasteiger partial charge in [0.25, 0.3) is 17.6 Å². The molecule has 0 N–H and O–H groups in total. The minimum atomic E-state index is -0.513. The standard InChI is InChI=1S/C25H19BrN2O3/c1-15-14-22(28-21-9-5-3-7-19(21)23(29)25(28)31)18-6-2-4-8-20(18)27(15)24(30)16-10-12-17(26)13-11-16/h2-13,15,22H,14H2,1H3. The SMILES string of the molecule is CC1CC(N2C(=O)C(=O)c3ccccc32)c2ccccc2N1C(=O)c1ccc(Br)cc1. The van der Waals surface area contributed by atoms with E-state index in [4.69, 9.17) is 0 Å². The lowest BCUT2D eigenvalue weighted by atomic mass is 9.89. The van der Waals surface area contributed by atoms with Gasteiger partial charge in [0.05, 0.1) is 17.3 Å². The number of anilines is 2. The number of hydrogen-bond acceptors (Lipinski definition) is 3. The predicted molar refractivity (Wildman–Crippen MR) is 122 cm³/mol. The number of nitrogens with zero attached hydrogens (tertiary/aromatic N) is 2. The van der Waals surface area contributed by atoms with Crippen LogP contribution < -0.4 is 9.80 Å². The van der Waals surface area contributed by atoms with Gasteiger partial charge in [0.2, 0.25) is 0 Å². The second-order valence-electron chi connectivity index (χ2n) is 7.86. The van der Waals surface area contributed by atoms with Gasteiger partial charge in [0, 0.05) is 21.8 Å². The zero-order valence-electron chi connectivity index (χ0n) is 16.8. The van der Waals surface area contributed by atoms with Crippen LogP contribution in [0.4, 0.5) is 11.4 Å². The average Bonchev–Trinajstić information content (AvgIpc) is 3.03. The molecule has 0 fully saturated rings. The number of carbonyl (C=O) groups excluding carboxylic acids is 3. The van der Waals surface area contributed by atoms with E-state index in [9.17, 15) is 14.4 Å². The lowest BCUT2D eigenvalue weighted by Crippen LogP contribution is -2.47. The lowest BCUT2D eigenvalue weighted by molar-refractivity contribution is -0.114. The first-order valence-corrected chi connectivity index (χ1v) is 10.9. The Morgan fingerprint density at radius 1 is 0.903 bits per heavy atom. The summed E-state index contributed by atoms with van der Waals surface area (Å²) in [6, 6.07) is 21.6. The molecule has 0 aromatic heterocycles. The number of hydrogen-bond donors (Lipinski definition) is 0. The third-order valence-corrected chi connectivity index (χ3v) is 6.53. The fourth-order valence-corrected chi connectivity index (χ4v) is 4.85. The molecular formula is C25H19BrN2O3. The summed E-state index contributed by atoms with van der Waals surface area (Å²) in [6.07, 6.45) is 0.534. The first kappa shape index (κ1) is 19.7. The van der Waals surface area contributed by atoms with Crippen molar-refractivity contribution in [3.05, 3.63) is 94.0 Å². The first-order chi connectivity index (χ1) is 15.0. The maximum atomic E-state index is 13.4. The zero-order valence-corrected chi connectivity index (χ0v) is 18.4. The molecule has 0 bridgehead atoms. The van der Waals surface area contributed by atoms with Gasteiger partial charge in [-0.2, -0.15) is 0 Å². The van der Waals surface area contributed by atoms with E-state index in [2.05, 4.69) is 15.9 Å². The summed E-state index contributed by atoms with van der Waals surface area (Å²) in [5, 5.41) is 0. The molecule has 2 amide bonds. The van der Waals surface area contributed by atoms with E-state index in [0.29, 0.717) is 23.2 Å². The minimum Gasteiger partial charge on any atom is -0.305 e. The van der Waals surface area contributed by atoms with Crippen LogP contribution in [0, 0.1) is 0 Å². The highest BCUT2D eigenvalue weighted by Crippen LogP contribution is 2.45. The van der Waals surface area contributed by atoms with Gasteiger partial charge in [0.1, 0.15) is 0 Å². The average molecular weight is 475 g/mol. The van der Waals surface area contributed by atoms with Crippen molar-refractivity contribution in [3.8, 4) is 0 Å². The molecule has 0 saturated heterocycles. The Kier molecular flexibility index (Phi) is 4.74. The van der Waals surface area contributed by atoms with E-state index in [1.165, 1.54) is 0 Å². The summed E-state index contributed by atoms with van der Waals surface area (Å²) < 4.78 is 0.909. The number of Topliss-reactive ketones (excluding diaryl/α,β-unsaturated/α-hetero) is 1. The molecule has 2 atom stereocenters. The molecule has 2 aliphatic rings. The number of para-hydroxylation sites is 2. The number of rotatable bonds is 2. The maximum Gasteiger partial charge on any atom is 0.300 e. The molecule has 3 aromatic carbocycles. The van der Waals surface area contributed by atoms with Crippen molar-refractivity contribution in [3.63, 3.8) is 0 Å². The van der Waals surface area contributed by atoms with Gasteiger partial charge in [0.15, 0.2) is 0 Å². The van der Waals surface area contributed by atoms with Gasteiger partial charge in [-0.25, -0.2) is 0 Å². The molecule has 0 spiro atoms. The highest BCUT2D eigenvalue weighted by atomic mass is 79.9. The number of carbonyl (C=O) groups is 3. The molecule has 0 saturated carbocycles. The largest absolute Gasteiger partial charge is 0.305 e.